The van der Waals surface area contributed by atoms with Gasteiger partial charge in [-0.1, -0.05) is 79.2 Å². The van der Waals surface area contributed by atoms with Crippen molar-refractivity contribution in [2.45, 2.75) is 32.8 Å². The molecular weight excluding hydrogens is 560 g/mol. The van der Waals surface area contributed by atoms with Crippen LogP contribution >= 0.6 is 15.9 Å². The van der Waals surface area contributed by atoms with Crippen LogP contribution in [-0.4, -0.2) is 20.8 Å². The highest BCUT2D eigenvalue weighted by molar-refractivity contribution is 9.10. The van der Waals surface area contributed by atoms with Gasteiger partial charge in [-0.3, -0.25) is 14.9 Å². The van der Waals surface area contributed by atoms with Gasteiger partial charge in [-0.15, -0.1) is 0 Å². The molecule has 0 aliphatic heterocycles. The van der Waals surface area contributed by atoms with Crippen molar-refractivity contribution in [1.82, 2.24) is 9.66 Å². The molecule has 8 nitrogen and oxygen atoms in total. The Balaban J connectivity index is 1.49. The second kappa shape index (κ2) is 10.4. The molecule has 4 aromatic carbocycles. The third-order valence-corrected chi connectivity index (χ3v) is 6.74. The van der Waals surface area contributed by atoms with E-state index in [0.29, 0.717) is 22.3 Å². The Bertz CT molecular complexity index is 1820. The first-order valence-electron chi connectivity index (χ1n) is 12.3. The van der Waals surface area contributed by atoms with Crippen molar-refractivity contribution in [1.29, 1.82) is 0 Å². The molecule has 0 saturated carbocycles. The molecule has 5 aromatic rings. The normalized spacial score (nSPS) is 11.9. The summed E-state index contributed by atoms with van der Waals surface area (Å²) < 4.78 is 7.90. The van der Waals surface area contributed by atoms with E-state index < -0.39 is 10.3 Å². The minimum atomic E-state index is -0.488. The molecule has 1 heterocycles. The second-order valence-corrected chi connectivity index (χ2v) is 11.0. The molecule has 0 radical (unpaired) electrons. The Hall–Kier alpha value is -4.37. The number of benzene rings is 4. The lowest BCUT2D eigenvalue weighted by Gasteiger charge is -2.20. The second-order valence-electron chi connectivity index (χ2n) is 10.1. The molecule has 0 N–H and O–H groups in total. The fourth-order valence-corrected chi connectivity index (χ4v) is 4.68. The lowest BCUT2D eigenvalue weighted by Crippen LogP contribution is -2.29. The van der Waals surface area contributed by atoms with Crippen molar-refractivity contribution in [3.8, 4) is 5.75 Å². The summed E-state index contributed by atoms with van der Waals surface area (Å²) in [6.45, 7) is 6.01. The number of nitrogens with zero attached hydrogens (tertiary/aromatic N) is 4. The fraction of sp³-hybridized carbons (Fsp3) is 0.167. The summed E-state index contributed by atoms with van der Waals surface area (Å²) >= 11 is 3.40. The largest absolute Gasteiger partial charge is 0.482 e. The average molecular weight is 585 g/mol. The van der Waals surface area contributed by atoms with E-state index in [-0.39, 0.29) is 23.6 Å². The number of nitro benzene ring substituents is 1. The van der Waals surface area contributed by atoms with Crippen LogP contribution < -0.4 is 10.3 Å². The van der Waals surface area contributed by atoms with Gasteiger partial charge in [-0.2, -0.15) is 9.78 Å². The van der Waals surface area contributed by atoms with Gasteiger partial charge in [0.25, 0.3) is 5.56 Å². The highest BCUT2D eigenvalue weighted by Gasteiger charge is 2.23. The van der Waals surface area contributed by atoms with Crippen molar-refractivity contribution in [3.63, 3.8) is 0 Å². The molecule has 0 atom stereocenters. The highest BCUT2D eigenvalue weighted by Crippen LogP contribution is 2.30. The molecule has 39 heavy (non-hydrogen) atoms. The Morgan fingerprint density at radius 3 is 2.56 bits per heavy atom. The zero-order valence-corrected chi connectivity index (χ0v) is 23.2. The van der Waals surface area contributed by atoms with Gasteiger partial charge in [0.1, 0.15) is 12.4 Å². The third-order valence-electron chi connectivity index (χ3n) is 6.24. The number of fused-ring (bicyclic) bond motifs is 2. The summed E-state index contributed by atoms with van der Waals surface area (Å²) in [4.78, 5) is 29.5. The minimum Gasteiger partial charge on any atom is -0.482 e. The van der Waals surface area contributed by atoms with Gasteiger partial charge in [-0.25, -0.2) is 4.98 Å². The maximum Gasteiger partial charge on any atom is 0.311 e. The number of rotatable bonds is 6. The molecule has 0 saturated heterocycles. The number of hydrogen-bond donors (Lipinski definition) is 0. The van der Waals surface area contributed by atoms with Crippen LogP contribution in [0.1, 0.15) is 37.7 Å². The molecule has 9 heteroatoms. The number of nitro groups is 1. The summed E-state index contributed by atoms with van der Waals surface area (Å²) in [6, 6.07) is 23.7. The fourth-order valence-electron chi connectivity index (χ4n) is 4.32. The molecule has 1 aromatic heterocycles. The van der Waals surface area contributed by atoms with Gasteiger partial charge in [0.05, 0.1) is 22.0 Å². The summed E-state index contributed by atoms with van der Waals surface area (Å²) in [5.41, 5.74) is 0.944. The Kier molecular flexibility index (Phi) is 7.01. The number of hydrogen-bond acceptors (Lipinski definition) is 6. The van der Waals surface area contributed by atoms with Crippen LogP contribution in [0.15, 0.2) is 93.2 Å². The van der Waals surface area contributed by atoms with E-state index in [2.05, 4.69) is 21.0 Å². The monoisotopic (exact) mass is 584 g/mol. The van der Waals surface area contributed by atoms with E-state index in [1.807, 2.05) is 69.3 Å². The third kappa shape index (κ3) is 5.44. The van der Waals surface area contributed by atoms with Crippen molar-refractivity contribution in [3.05, 3.63) is 121 Å². The zero-order chi connectivity index (χ0) is 27.7. The van der Waals surface area contributed by atoms with Crippen molar-refractivity contribution < 1.29 is 9.66 Å². The molecule has 0 unspecified atom stereocenters. The summed E-state index contributed by atoms with van der Waals surface area (Å²) in [6.07, 6.45) is 1.42. The summed E-state index contributed by atoms with van der Waals surface area (Å²) in [7, 11) is 0. The molecular formula is C30H25BrN4O4. The van der Waals surface area contributed by atoms with E-state index >= 15 is 0 Å². The summed E-state index contributed by atoms with van der Waals surface area (Å²) in [5.74, 6) is 0.623. The predicted molar refractivity (Wildman–Crippen MR) is 157 cm³/mol. The van der Waals surface area contributed by atoms with Gasteiger partial charge in [0.15, 0.2) is 5.75 Å². The minimum absolute atomic E-state index is 0.148. The van der Waals surface area contributed by atoms with Gasteiger partial charge in [0, 0.05) is 21.5 Å². The van der Waals surface area contributed by atoms with E-state index in [1.54, 1.807) is 24.3 Å². The highest BCUT2D eigenvalue weighted by atomic mass is 79.9. The Morgan fingerprint density at radius 1 is 1.03 bits per heavy atom. The van der Waals surface area contributed by atoms with Crippen LogP contribution in [-0.2, 0) is 12.0 Å². The Labute approximate surface area is 232 Å². The van der Waals surface area contributed by atoms with Gasteiger partial charge < -0.3 is 4.74 Å². The lowest BCUT2D eigenvalue weighted by atomic mass is 9.95. The lowest BCUT2D eigenvalue weighted by molar-refractivity contribution is -0.385. The standard InChI is InChI=1S/C30H25BrN4O4/c1-30(2,3)29-33-25-13-12-22(31)16-24(25)28(36)34(29)32-17-19-11-14-27(26(15-19)35(37)38)39-18-21-9-6-8-20-7-4-5-10-23(20)21/h4-17H,18H2,1-3H3. The van der Waals surface area contributed by atoms with Crippen LogP contribution in [0.2, 0.25) is 0 Å². The molecule has 0 spiro atoms. The zero-order valence-electron chi connectivity index (χ0n) is 21.6. The van der Waals surface area contributed by atoms with Crippen LogP contribution in [0.4, 0.5) is 5.69 Å². The van der Waals surface area contributed by atoms with Gasteiger partial charge >= 0.3 is 5.69 Å². The number of ether oxygens (including phenoxy) is 1. The van der Waals surface area contributed by atoms with E-state index in [9.17, 15) is 14.9 Å². The van der Waals surface area contributed by atoms with E-state index in [1.165, 1.54) is 17.0 Å². The number of halogens is 1. The van der Waals surface area contributed by atoms with Gasteiger partial charge in [-0.05, 0) is 46.7 Å². The SMILES string of the molecule is CC(C)(C)c1nc2ccc(Br)cc2c(=O)n1N=Cc1ccc(OCc2cccc3ccccc23)c([N+](=O)[O-])c1. The quantitative estimate of drug-likeness (QED) is 0.122. The molecule has 5 rings (SSSR count). The molecule has 0 aliphatic rings. The first kappa shape index (κ1) is 26.2. The van der Waals surface area contributed by atoms with Crippen LogP contribution in [0.3, 0.4) is 0 Å². The topological polar surface area (TPSA) is 99.6 Å². The van der Waals surface area contributed by atoms with Crippen LogP contribution in [0.5, 0.6) is 5.75 Å². The van der Waals surface area contributed by atoms with Crippen LogP contribution in [0, 0.1) is 10.1 Å². The van der Waals surface area contributed by atoms with Crippen LogP contribution in [0.25, 0.3) is 21.7 Å². The first-order valence-corrected chi connectivity index (χ1v) is 13.1. The smallest absolute Gasteiger partial charge is 0.311 e. The average Bonchev–Trinajstić information content (AvgIpc) is 2.91. The predicted octanol–water partition coefficient (Wildman–Crippen LogP) is 6.98. The Morgan fingerprint density at radius 2 is 1.79 bits per heavy atom. The molecule has 0 amide bonds. The first-order chi connectivity index (χ1) is 18.6. The molecule has 0 aliphatic carbocycles. The maximum atomic E-state index is 13.4. The molecule has 196 valence electrons. The maximum absolute atomic E-state index is 13.4. The number of aromatic nitrogens is 2. The van der Waals surface area contributed by atoms with E-state index in [4.69, 9.17) is 9.72 Å². The molecule has 0 fully saturated rings. The van der Waals surface area contributed by atoms with Crippen molar-refractivity contribution in [2.24, 2.45) is 5.10 Å². The van der Waals surface area contributed by atoms with Crippen molar-refractivity contribution in [2.75, 3.05) is 0 Å². The van der Waals surface area contributed by atoms with Gasteiger partial charge in [0.2, 0.25) is 0 Å². The molecule has 0 bridgehead atoms. The van der Waals surface area contributed by atoms with Crippen molar-refractivity contribution >= 4 is 49.5 Å². The van der Waals surface area contributed by atoms with E-state index in [0.717, 1.165) is 20.8 Å². The summed E-state index contributed by atoms with van der Waals surface area (Å²) in [5, 5.41) is 18.8.